The lowest BCUT2D eigenvalue weighted by Gasteiger charge is -2.11. The summed E-state index contributed by atoms with van der Waals surface area (Å²) in [7, 11) is 1.19. The van der Waals surface area contributed by atoms with Crippen molar-refractivity contribution in [1.29, 1.82) is 0 Å². The molecule has 0 radical (unpaired) electrons. The Bertz CT molecular complexity index is 942. The van der Waals surface area contributed by atoms with Crippen LogP contribution in [0.1, 0.15) is 11.1 Å². The van der Waals surface area contributed by atoms with Crippen LogP contribution in [0.15, 0.2) is 53.4 Å². The highest BCUT2D eigenvalue weighted by molar-refractivity contribution is 8.18. The lowest BCUT2D eigenvalue weighted by Crippen LogP contribution is -2.34. The van der Waals surface area contributed by atoms with Crippen LogP contribution < -0.4 is 4.74 Å². The van der Waals surface area contributed by atoms with Gasteiger partial charge in [0.25, 0.3) is 11.1 Å². The number of methoxy groups -OCH3 is 1. The summed E-state index contributed by atoms with van der Waals surface area (Å²) in [4.78, 5) is 36.8. The Balaban J connectivity index is 1.77. The number of carbonyl (C=O) groups excluding carboxylic acids is 3. The van der Waals surface area contributed by atoms with Crippen molar-refractivity contribution in [3.8, 4) is 5.75 Å². The lowest BCUT2D eigenvalue weighted by atomic mass is 10.1. The second-order valence-corrected chi connectivity index (χ2v) is 6.79. The van der Waals surface area contributed by atoms with Gasteiger partial charge in [0.15, 0.2) is 0 Å². The molecule has 1 saturated heterocycles. The van der Waals surface area contributed by atoms with Crippen molar-refractivity contribution in [3.63, 3.8) is 0 Å². The molecule has 1 aliphatic heterocycles. The normalized spacial score (nSPS) is 15.2. The third-order valence-electron chi connectivity index (χ3n) is 3.90. The number of hydrogen-bond donors (Lipinski definition) is 0. The number of esters is 1. The van der Waals surface area contributed by atoms with Crippen molar-refractivity contribution in [1.82, 2.24) is 4.90 Å². The summed E-state index contributed by atoms with van der Waals surface area (Å²) in [5.41, 5.74) is 1.39. The topological polar surface area (TPSA) is 72.9 Å². The van der Waals surface area contributed by atoms with Gasteiger partial charge in [0, 0.05) is 5.56 Å². The highest BCUT2D eigenvalue weighted by Crippen LogP contribution is 2.34. The fourth-order valence-electron chi connectivity index (χ4n) is 2.44. The molecular weight excluding hydrogens is 385 g/mol. The number of para-hydroxylation sites is 1. The van der Waals surface area contributed by atoms with Crippen LogP contribution in [0.5, 0.6) is 5.75 Å². The Morgan fingerprint density at radius 3 is 2.57 bits per heavy atom. The van der Waals surface area contributed by atoms with Gasteiger partial charge >= 0.3 is 5.97 Å². The summed E-state index contributed by atoms with van der Waals surface area (Å²) in [6.07, 6.45) is 1.54. The van der Waals surface area contributed by atoms with Crippen molar-refractivity contribution in [2.75, 3.05) is 13.7 Å². The van der Waals surface area contributed by atoms with Crippen molar-refractivity contribution < 1.29 is 28.2 Å². The molecule has 2 amide bonds. The minimum absolute atomic E-state index is 0.187. The fourth-order valence-corrected chi connectivity index (χ4v) is 3.27. The van der Waals surface area contributed by atoms with Crippen molar-refractivity contribution >= 4 is 35.0 Å². The maximum absolute atomic E-state index is 13.0. The Morgan fingerprint density at radius 2 is 1.86 bits per heavy atom. The number of thioether (sulfide) groups is 1. The van der Waals surface area contributed by atoms with Crippen molar-refractivity contribution in [2.45, 2.75) is 6.61 Å². The maximum Gasteiger partial charge on any atom is 0.325 e. The first-order valence-corrected chi connectivity index (χ1v) is 9.08. The van der Waals surface area contributed by atoms with E-state index in [4.69, 9.17) is 4.74 Å². The number of halogens is 1. The minimum atomic E-state index is -0.674. The van der Waals surface area contributed by atoms with Crippen molar-refractivity contribution in [3.05, 3.63) is 70.4 Å². The molecule has 0 bridgehead atoms. The summed E-state index contributed by atoms with van der Waals surface area (Å²) in [5.74, 6) is -1.06. The second kappa shape index (κ2) is 8.71. The van der Waals surface area contributed by atoms with Crippen LogP contribution >= 0.6 is 11.8 Å². The smallest absolute Gasteiger partial charge is 0.325 e. The van der Waals surface area contributed by atoms with E-state index in [-0.39, 0.29) is 17.3 Å². The zero-order chi connectivity index (χ0) is 20.1. The molecule has 28 heavy (non-hydrogen) atoms. The van der Waals surface area contributed by atoms with E-state index in [9.17, 15) is 18.8 Å². The van der Waals surface area contributed by atoms with E-state index in [1.165, 1.54) is 19.2 Å². The van der Waals surface area contributed by atoms with Gasteiger partial charge in [-0.25, -0.2) is 4.39 Å². The van der Waals surface area contributed by atoms with Crippen LogP contribution in [-0.2, 0) is 20.9 Å². The summed E-state index contributed by atoms with van der Waals surface area (Å²) in [5, 5.41) is -0.536. The van der Waals surface area contributed by atoms with Crippen LogP contribution in [0.3, 0.4) is 0 Å². The summed E-state index contributed by atoms with van der Waals surface area (Å²) >= 11 is 0.747. The van der Waals surface area contributed by atoms with E-state index in [0.717, 1.165) is 22.2 Å². The van der Waals surface area contributed by atoms with E-state index in [2.05, 4.69) is 4.74 Å². The van der Waals surface area contributed by atoms with Gasteiger partial charge < -0.3 is 9.47 Å². The number of carbonyl (C=O) groups is 3. The van der Waals surface area contributed by atoms with E-state index >= 15 is 0 Å². The van der Waals surface area contributed by atoms with Crippen LogP contribution in [0.2, 0.25) is 0 Å². The summed E-state index contributed by atoms with van der Waals surface area (Å²) in [6, 6.07) is 13.0. The molecule has 0 unspecified atom stereocenters. The molecule has 0 atom stereocenters. The summed E-state index contributed by atoms with van der Waals surface area (Å²) in [6.45, 7) is -0.212. The molecule has 2 aromatic rings. The minimum Gasteiger partial charge on any atom is -0.488 e. The van der Waals surface area contributed by atoms with Gasteiger partial charge in [0.2, 0.25) is 0 Å². The quantitative estimate of drug-likeness (QED) is 0.544. The zero-order valence-corrected chi connectivity index (χ0v) is 15.7. The third-order valence-corrected chi connectivity index (χ3v) is 4.81. The molecule has 0 aliphatic carbocycles. The molecule has 3 rings (SSSR count). The third kappa shape index (κ3) is 4.58. The standard InChI is InChI=1S/C20H16FNO5S/c1-26-18(23)11-22-19(24)17(28-20(22)25)10-14-4-2-3-5-16(14)27-12-13-6-8-15(21)9-7-13/h2-10H,11-12H2,1H3/b17-10-. The first kappa shape index (κ1) is 19.6. The number of imide groups is 1. The average Bonchev–Trinajstić information content (AvgIpc) is 2.95. The fraction of sp³-hybridized carbons (Fsp3) is 0.150. The Kier molecular flexibility index (Phi) is 6.10. The van der Waals surface area contributed by atoms with Crippen LogP contribution in [0.4, 0.5) is 9.18 Å². The first-order valence-electron chi connectivity index (χ1n) is 8.26. The zero-order valence-electron chi connectivity index (χ0n) is 14.9. The monoisotopic (exact) mass is 401 g/mol. The molecule has 6 nitrogen and oxygen atoms in total. The molecule has 1 aliphatic rings. The molecule has 8 heteroatoms. The first-order chi connectivity index (χ1) is 13.5. The highest BCUT2D eigenvalue weighted by Gasteiger charge is 2.36. The van der Waals surface area contributed by atoms with Gasteiger partial charge in [-0.05, 0) is 41.6 Å². The number of nitrogens with zero attached hydrogens (tertiary/aromatic N) is 1. The Morgan fingerprint density at radius 1 is 1.14 bits per heavy atom. The van der Waals surface area contributed by atoms with Gasteiger partial charge in [0.05, 0.1) is 12.0 Å². The molecule has 2 aromatic carbocycles. The molecule has 0 spiro atoms. The van der Waals surface area contributed by atoms with E-state index < -0.39 is 23.7 Å². The van der Waals surface area contributed by atoms with Crippen LogP contribution in [-0.4, -0.2) is 35.7 Å². The van der Waals surface area contributed by atoms with Crippen molar-refractivity contribution in [2.24, 2.45) is 0 Å². The molecule has 144 valence electrons. The Labute approximate surface area is 164 Å². The maximum atomic E-state index is 13.0. The molecule has 0 aromatic heterocycles. The SMILES string of the molecule is COC(=O)CN1C(=O)S/C(=C\c2ccccc2OCc2ccc(F)cc2)C1=O. The largest absolute Gasteiger partial charge is 0.488 e. The van der Waals surface area contributed by atoms with Gasteiger partial charge in [-0.1, -0.05) is 30.3 Å². The van der Waals surface area contributed by atoms with Crippen LogP contribution in [0.25, 0.3) is 6.08 Å². The number of ether oxygens (including phenoxy) is 2. The number of benzene rings is 2. The number of rotatable bonds is 6. The molecule has 0 saturated carbocycles. The predicted molar refractivity (Wildman–Crippen MR) is 102 cm³/mol. The lowest BCUT2D eigenvalue weighted by molar-refractivity contribution is -0.143. The second-order valence-electron chi connectivity index (χ2n) is 5.80. The van der Waals surface area contributed by atoms with Gasteiger partial charge in [-0.15, -0.1) is 0 Å². The molecular formula is C20H16FNO5S. The van der Waals surface area contributed by atoms with Gasteiger partial charge in [0.1, 0.15) is 24.7 Å². The summed E-state index contributed by atoms with van der Waals surface area (Å²) < 4.78 is 23.3. The van der Waals surface area contributed by atoms with Gasteiger partial charge in [-0.3, -0.25) is 19.3 Å². The predicted octanol–water partition coefficient (Wildman–Crippen LogP) is 3.61. The molecule has 1 heterocycles. The molecule has 0 N–H and O–H groups in total. The average molecular weight is 401 g/mol. The van der Waals surface area contributed by atoms with Gasteiger partial charge in [-0.2, -0.15) is 0 Å². The molecule has 1 fully saturated rings. The van der Waals surface area contributed by atoms with Crippen LogP contribution in [0, 0.1) is 5.82 Å². The highest BCUT2D eigenvalue weighted by atomic mass is 32.2. The van der Waals surface area contributed by atoms with E-state index in [1.54, 1.807) is 42.5 Å². The Hall–Kier alpha value is -3.13. The number of hydrogen-bond acceptors (Lipinski definition) is 6. The van der Waals surface area contributed by atoms with E-state index in [1.807, 2.05) is 0 Å². The number of amides is 2. The van der Waals surface area contributed by atoms with E-state index in [0.29, 0.717) is 11.3 Å².